The number of ether oxygens (including phenoxy) is 1. The van der Waals surface area contributed by atoms with Crippen LogP contribution < -0.4 is 0 Å². The Hall–Kier alpha value is -1.51. The van der Waals surface area contributed by atoms with Gasteiger partial charge in [0.05, 0.1) is 23.7 Å². The van der Waals surface area contributed by atoms with Gasteiger partial charge in [0, 0.05) is 12.5 Å². The Kier molecular flexibility index (Phi) is 2.62. The van der Waals surface area contributed by atoms with Crippen molar-refractivity contribution >= 4 is 5.76 Å². The highest BCUT2D eigenvalue weighted by molar-refractivity contribution is 5.63. The number of aromatic nitrogens is 2. The van der Waals surface area contributed by atoms with Gasteiger partial charge in [0.2, 0.25) is 0 Å². The van der Waals surface area contributed by atoms with Crippen molar-refractivity contribution in [3.8, 4) is 0 Å². The molecule has 0 amide bonds. The highest BCUT2D eigenvalue weighted by Gasteiger charge is 2.25. The highest BCUT2D eigenvalue weighted by atomic mass is 16.5. The van der Waals surface area contributed by atoms with Gasteiger partial charge in [-0.3, -0.25) is 4.68 Å². The minimum atomic E-state index is 0.0615. The van der Waals surface area contributed by atoms with Crippen LogP contribution in [0.1, 0.15) is 38.4 Å². The van der Waals surface area contributed by atoms with E-state index in [4.69, 9.17) is 4.74 Å². The third kappa shape index (κ3) is 1.90. The highest BCUT2D eigenvalue weighted by Crippen LogP contribution is 2.31. The van der Waals surface area contributed by atoms with Gasteiger partial charge < -0.3 is 4.74 Å². The predicted octanol–water partition coefficient (Wildman–Crippen LogP) is 2.99. The topological polar surface area (TPSA) is 27.1 Å². The van der Waals surface area contributed by atoms with Crippen molar-refractivity contribution in [1.82, 2.24) is 9.78 Å². The monoisotopic (exact) mass is 218 g/mol. The van der Waals surface area contributed by atoms with E-state index in [1.807, 2.05) is 24.0 Å². The Labute approximate surface area is 96.4 Å². The number of nitrogens with zero attached hydrogens (tertiary/aromatic N) is 2. The second-order valence-corrected chi connectivity index (χ2v) is 5.07. The van der Waals surface area contributed by atoms with Gasteiger partial charge in [0.25, 0.3) is 0 Å². The van der Waals surface area contributed by atoms with E-state index in [1.165, 1.54) is 5.69 Å². The maximum absolute atomic E-state index is 5.54. The van der Waals surface area contributed by atoms with Crippen molar-refractivity contribution in [2.45, 2.75) is 32.6 Å². The average Bonchev–Trinajstić information content (AvgIpc) is 2.61. The molecule has 0 fully saturated rings. The summed E-state index contributed by atoms with van der Waals surface area (Å²) >= 11 is 0. The summed E-state index contributed by atoms with van der Waals surface area (Å²) in [6.45, 7) is 6.56. The van der Waals surface area contributed by atoms with Crippen LogP contribution >= 0.6 is 0 Å². The number of hydrogen-bond donors (Lipinski definition) is 0. The summed E-state index contributed by atoms with van der Waals surface area (Å²) in [4.78, 5) is 0. The Morgan fingerprint density at radius 3 is 2.69 bits per heavy atom. The predicted molar refractivity (Wildman–Crippen MR) is 64.7 cm³/mol. The van der Waals surface area contributed by atoms with Crippen LogP contribution in [0, 0.1) is 0 Å². The third-order valence-corrected chi connectivity index (χ3v) is 2.65. The standard InChI is InChI=1S/C13H18N2O/c1-13(2,3)12-10(9-14-15(12)4)11-7-5-6-8-16-11/h6-9H,5H2,1-4H3. The van der Waals surface area contributed by atoms with Crippen LogP contribution in [0.25, 0.3) is 5.76 Å². The fourth-order valence-electron chi connectivity index (χ4n) is 2.08. The second-order valence-electron chi connectivity index (χ2n) is 5.07. The van der Waals surface area contributed by atoms with E-state index in [2.05, 4.69) is 31.9 Å². The molecule has 1 aliphatic heterocycles. The molecule has 0 aliphatic carbocycles. The number of rotatable bonds is 1. The molecule has 86 valence electrons. The molecule has 1 aromatic rings. The van der Waals surface area contributed by atoms with Crippen molar-refractivity contribution < 1.29 is 4.74 Å². The van der Waals surface area contributed by atoms with E-state index < -0.39 is 0 Å². The van der Waals surface area contributed by atoms with Crippen LogP contribution in [-0.4, -0.2) is 9.78 Å². The van der Waals surface area contributed by atoms with E-state index >= 15 is 0 Å². The molecule has 3 heteroatoms. The third-order valence-electron chi connectivity index (χ3n) is 2.65. The number of hydrogen-bond acceptors (Lipinski definition) is 2. The molecule has 0 radical (unpaired) electrons. The molecule has 0 saturated carbocycles. The van der Waals surface area contributed by atoms with E-state index in [0.717, 1.165) is 17.7 Å². The molecule has 0 spiro atoms. The SMILES string of the molecule is Cn1ncc(C2=CCC=CO2)c1C(C)(C)C. The normalized spacial score (nSPS) is 15.9. The average molecular weight is 218 g/mol. The molecule has 0 N–H and O–H groups in total. The van der Waals surface area contributed by atoms with Gasteiger partial charge in [-0.05, 0) is 18.6 Å². The summed E-state index contributed by atoms with van der Waals surface area (Å²) in [6, 6.07) is 0. The minimum absolute atomic E-state index is 0.0615. The van der Waals surface area contributed by atoms with Crippen molar-refractivity contribution in [2.75, 3.05) is 0 Å². The first-order valence-corrected chi connectivity index (χ1v) is 5.55. The first kappa shape index (κ1) is 11.0. The van der Waals surface area contributed by atoms with Crippen LogP contribution in [0.3, 0.4) is 0 Å². The lowest BCUT2D eigenvalue weighted by Crippen LogP contribution is -2.18. The minimum Gasteiger partial charge on any atom is -0.465 e. The molecule has 0 bridgehead atoms. The van der Waals surface area contributed by atoms with Gasteiger partial charge in [0.15, 0.2) is 0 Å². The molecular formula is C13H18N2O. The molecule has 0 atom stereocenters. The molecule has 2 heterocycles. The largest absolute Gasteiger partial charge is 0.465 e. The Morgan fingerprint density at radius 2 is 2.12 bits per heavy atom. The molecule has 3 nitrogen and oxygen atoms in total. The van der Waals surface area contributed by atoms with E-state index in [9.17, 15) is 0 Å². The van der Waals surface area contributed by atoms with Crippen LogP contribution in [0.15, 0.2) is 24.6 Å². The molecule has 1 aromatic heterocycles. The summed E-state index contributed by atoms with van der Waals surface area (Å²) in [5.74, 6) is 0.917. The van der Waals surface area contributed by atoms with Gasteiger partial charge in [-0.1, -0.05) is 20.8 Å². The maximum atomic E-state index is 5.54. The quantitative estimate of drug-likeness (QED) is 0.724. The molecule has 0 saturated heterocycles. The summed E-state index contributed by atoms with van der Waals surface area (Å²) in [5.41, 5.74) is 2.36. The second kappa shape index (κ2) is 3.81. The fraction of sp³-hybridized carbons (Fsp3) is 0.462. The molecule has 1 aliphatic rings. The zero-order valence-corrected chi connectivity index (χ0v) is 10.3. The molecule has 0 aromatic carbocycles. The summed E-state index contributed by atoms with van der Waals surface area (Å²) in [6.07, 6.45) is 8.64. The Bertz CT molecular complexity index is 447. The van der Waals surface area contributed by atoms with Crippen LogP contribution in [0.4, 0.5) is 0 Å². The Balaban J connectivity index is 2.46. The van der Waals surface area contributed by atoms with Crippen LogP contribution in [-0.2, 0) is 17.2 Å². The smallest absolute Gasteiger partial charge is 0.133 e. The first-order chi connectivity index (χ1) is 7.50. The van der Waals surface area contributed by atoms with Gasteiger partial charge in [-0.25, -0.2) is 0 Å². The molecule has 0 unspecified atom stereocenters. The number of aryl methyl sites for hydroxylation is 1. The van der Waals surface area contributed by atoms with Gasteiger partial charge in [-0.15, -0.1) is 0 Å². The maximum Gasteiger partial charge on any atom is 0.133 e. The Morgan fingerprint density at radius 1 is 1.38 bits per heavy atom. The van der Waals surface area contributed by atoms with Gasteiger partial charge >= 0.3 is 0 Å². The van der Waals surface area contributed by atoms with Crippen molar-refractivity contribution in [2.24, 2.45) is 7.05 Å². The zero-order chi connectivity index (χ0) is 11.8. The first-order valence-electron chi connectivity index (χ1n) is 5.55. The molecule has 16 heavy (non-hydrogen) atoms. The molecular weight excluding hydrogens is 200 g/mol. The van der Waals surface area contributed by atoms with Crippen LogP contribution in [0.2, 0.25) is 0 Å². The zero-order valence-electron chi connectivity index (χ0n) is 10.3. The van der Waals surface area contributed by atoms with Crippen molar-refractivity contribution in [3.63, 3.8) is 0 Å². The van der Waals surface area contributed by atoms with Crippen molar-refractivity contribution in [3.05, 3.63) is 35.9 Å². The lowest BCUT2D eigenvalue weighted by molar-refractivity contribution is 0.423. The summed E-state index contributed by atoms with van der Waals surface area (Å²) in [7, 11) is 1.98. The molecule has 2 rings (SSSR count). The van der Waals surface area contributed by atoms with Gasteiger partial charge in [0.1, 0.15) is 5.76 Å². The number of allylic oxidation sites excluding steroid dienone is 2. The van der Waals surface area contributed by atoms with Crippen LogP contribution in [0.5, 0.6) is 0 Å². The van der Waals surface area contributed by atoms with Crippen molar-refractivity contribution in [1.29, 1.82) is 0 Å². The summed E-state index contributed by atoms with van der Waals surface area (Å²) in [5, 5.41) is 4.33. The van der Waals surface area contributed by atoms with E-state index in [-0.39, 0.29) is 5.41 Å². The van der Waals surface area contributed by atoms with Gasteiger partial charge in [-0.2, -0.15) is 5.10 Å². The lowest BCUT2D eigenvalue weighted by atomic mass is 9.88. The van der Waals surface area contributed by atoms with E-state index in [1.54, 1.807) is 6.26 Å². The van der Waals surface area contributed by atoms with E-state index in [0.29, 0.717) is 0 Å². The lowest BCUT2D eigenvalue weighted by Gasteiger charge is -2.22. The summed E-state index contributed by atoms with van der Waals surface area (Å²) < 4.78 is 7.47. The fourth-order valence-corrected chi connectivity index (χ4v) is 2.08.